The molecule has 0 aliphatic heterocycles. The monoisotopic (exact) mass is 412 g/mol. The lowest BCUT2D eigenvalue weighted by molar-refractivity contribution is 0.165. The number of hydrogen-bond acceptors (Lipinski definition) is 3. The number of methoxy groups -OCH3 is 1. The Morgan fingerprint density at radius 3 is 2.66 bits per heavy atom. The van der Waals surface area contributed by atoms with Gasteiger partial charge in [0.25, 0.3) is 0 Å². The first-order valence-corrected chi connectivity index (χ1v) is 9.80. The normalized spacial score (nSPS) is 12.9. The Balaban J connectivity index is 1.59. The number of benzene rings is 2. The van der Waals surface area contributed by atoms with Gasteiger partial charge in [-0.25, -0.2) is 4.79 Å². The SMILES string of the molecule is COCC(NC(=O)NC(C)c1cnn(Cc2ccccc2)c1)c1cccc(Cl)c1. The lowest BCUT2D eigenvalue weighted by atomic mass is 10.1. The van der Waals surface area contributed by atoms with Gasteiger partial charge in [-0.2, -0.15) is 5.10 Å². The highest BCUT2D eigenvalue weighted by Crippen LogP contribution is 2.19. The average molecular weight is 413 g/mol. The summed E-state index contributed by atoms with van der Waals surface area (Å²) in [5.41, 5.74) is 2.99. The number of carbonyl (C=O) groups is 1. The third-order valence-corrected chi connectivity index (χ3v) is 4.81. The van der Waals surface area contributed by atoms with Crippen LogP contribution >= 0.6 is 11.6 Å². The summed E-state index contributed by atoms with van der Waals surface area (Å²) >= 11 is 6.07. The molecule has 0 radical (unpaired) electrons. The first-order chi connectivity index (χ1) is 14.0. The van der Waals surface area contributed by atoms with Crippen LogP contribution in [0, 0.1) is 0 Å². The number of amides is 2. The van der Waals surface area contributed by atoms with Gasteiger partial charge in [-0.05, 0) is 30.2 Å². The molecular weight excluding hydrogens is 388 g/mol. The average Bonchev–Trinajstić information content (AvgIpc) is 3.17. The zero-order chi connectivity index (χ0) is 20.6. The molecule has 0 saturated heterocycles. The topological polar surface area (TPSA) is 68.2 Å². The first kappa shape index (κ1) is 20.9. The molecule has 29 heavy (non-hydrogen) atoms. The van der Waals surface area contributed by atoms with Crippen LogP contribution in [-0.2, 0) is 11.3 Å². The molecule has 0 aliphatic rings. The van der Waals surface area contributed by atoms with Crippen molar-refractivity contribution in [3.05, 3.63) is 88.7 Å². The zero-order valence-corrected chi connectivity index (χ0v) is 17.3. The second-order valence-electron chi connectivity index (χ2n) is 6.86. The predicted octanol–water partition coefficient (Wildman–Crippen LogP) is 4.33. The van der Waals surface area contributed by atoms with Gasteiger partial charge in [0.15, 0.2) is 0 Å². The number of nitrogens with one attached hydrogen (secondary N) is 2. The fourth-order valence-electron chi connectivity index (χ4n) is 3.05. The minimum absolute atomic E-state index is 0.193. The number of ether oxygens (including phenoxy) is 1. The van der Waals surface area contributed by atoms with Gasteiger partial charge in [-0.3, -0.25) is 4.68 Å². The van der Waals surface area contributed by atoms with Gasteiger partial charge in [-0.1, -0.05) is 54.1 Å². The molecule has 3 rings (SSSR count). The quantitative estimate of drug-likeness (QED) is 0.578. The molecule has 2 atom stereocenters. The van der Waals surface area contributed by atoms with Crippen molar-refractivity contribution in [2.75, 3.05) is 13.7 Å². The van der Waals surface area contributed by atoms with E-state index in [4.69, 9.17) is 16.3 Å². The summed E-state index contributed by atoms with van der Waals surface area (Å²) in [6, 6.07) is 16.7. The molecule has 1 heterocycles. The van der Waals surface area contributed by atoms with Crippen molar-refractivity contribution in [1.82, 2.24) is 20.4 Å². The highest BCUT2D eigenvalue weighted by atomic mass is 35.5. The Morgan fingerprint density at radius 1 is 1.14 bits per heavy atom. The van der Waals surface area contributed by atoms with E-state index in [2.05, 4.69) is 27.9 Å². The third-order valence-electron chi connectivity index (χ3n) is 4.58. The summed E-state index contributed by atoms with van der Waals surface area (Å²) in [6.07, 6.45) is 3.72. The van der Waals surface area contributed by atoms with Crippen LogP contribution in [0.4, 0.5) is 4.79 Å². The minimum Gasteiger partial charge on any atom is -0.382 e. The van der Waals surface area contributed by atoms with Crippen LogP contribution in [0.25, 0.3) is 0 Å². The lowest BCUT2D eigenvalue weighted by Crippen LogP contribution is -2.40. The molecule has 0 spiro atoms. The molecule has 1 aromatic heterocycles. The summed E-state index contributed by atoms with van der Waals surface area (Å²) in [5.74, 6) is 0. The minimum atomic E-state index is -0.299. The van der Waals surface area contributed by atoms with E-state index in [0.717, 1.165) is 11.1 Å². The lowest BCUT2D eigenvalue weighted by Gasteiger charge is -2.21. The second kappa shape index (κ2) is 10.1. The molecule has 3 aromatic rings. The smallest absolute Gasteiger partial charge is 0.315 e. The van der Waals surface area contributed by atoms with E-state index < -0.39 is 0 Å². The van der Waals surface area contributed by atoms with Crippen LogP contribution in [0.3, 0.4) is 0 Å². The fraction of sp³-hybridized carbons (Fsp3) is 0.273. The van der Waals surface area contributed by atoms with Crippen molar-refractivity contribution in [1.29, 1.82) is 0 Å². The number of rotatable bonds is 8. The Morgan fingerprint density at radius 2 is 1.93 bits per heavy atom. The van der Waals surface area contributed by atoms with Crippen LogP contribution in [0.2, 0.25) is 5.02 Å². The van der Waals surface area contributed by atoms with Gasteiger partial charge in [0.05, 0.1) is 31.4 Å². The van der Waals surface area contributed by atoms with Gasteiger partial charge in [0, 0.05) is 23.9 Å². The fourth-order valence-corrected chi connectivity index (χ4v) is 3.25. The Bertz CT molecular complexity index is 929. The molecule has 0 fully saturated rings. The number of halogens is 1. The molecule has 7 heteroatoms. The van der Waals surface area contributed by atoms with Crippen molar-refractivity contribution < 1.29 is 9.53 Å². The van der Waals surface area contributed by atoms with Gasteiger partial charge in [-0.15, -0.1) is 0 Å². The summed E-state index contributed by atoms with van der Waals surface area (Å²) in [4.78, 5) is 12.5. The van der Waals surface area contributed by atoms with E-state index in [1.807, 2.05) is 54.2 Å². The van der Waals surface area contributed by atoms with Crippen LogP contribution in [0.1, 0.15) is 35.7 Å². The van der Waals surface area contributed by atoms with Crippen molar-refractivity contribution in [3.8, 4) is 0 Å². The van der Waals surface area contributed by atoms with E-state index in [-0.39, 0.29) is 18.1 Å². The third kappa shape index (κ3) is 6.07. The van der Waals surface area contributed by atoms with Gasteiger partial charge in [0.1, 0.15) is 0 Å². The van der Waals surface area contributed by atoms with E-state index in [9.17, 15) is 4.79 Å². The number of carbonyl (C=O) groups excluding carboxylic acids is 1. The van der Waals surface area contributed by atoms with Gasteiger partial charge < -0.3 is 15.4 Å². The molecule has 2 amide bonds. The number of urea groups is 1. The highest BCUT2D eigenvalue weighted by molar-refractivity contribution is 6.30. The Hall–Kier alpha value is -2.83. The summed E-state index contributed by atoms with van der Waals surface area (Å²) in [7, 11) is 1.60. The van der Waals surface area contributed by atoms with E-state index in [1.54, 1.807) is 19.4 Å². The van der Waals surface area contributed by atoms with Crippen LogP contribution in [0.5, 0.6) is 0 Å². The maximum atomic E-state index is 12.5. The number of hydrogen-bond donors (Lipinski definition) is 2. The summed E-state index contributed by atoms with van der Waals surface area (Å²) < 4.78 is 7.11. The van der Waals surface area contributed by atoms with Crippen molar-refractivity contribution in [2.24, 2.45) is 0 Å². The summed E-state index contributed by atoms with van der Waals surface area (Å²) in [5, 5.41) is 10.9. The molecule has 152 valence electrons. The van der Waals surface area contributed by atoms with Crippen LogP contribution in [-0.4, -0.2) is 29.5 Å². The van der Waals surface area contributed by atoms with Gasteiger partial charge in [0.2, 0.25) is 0 Å². The molecule has 0 aliphatic carbocycles. The Kier molecular flexibility index (Phi) is 7.27. The van der Waals surface area contributed by atoms with E-state index >= 15 is 0 Å². The largest absolute Gasteiger partial charge is 0.382 e. The van der Waals surface area contributed by atoms with Crippen molar-refractivity contribution in [2.45, 2.75) is 25.6 Å². The molecule has 2 unspecified atom stereocenters. The number of aromatic nitrogens is 2. The van der Waals surface area contributed by atoms with E-state index in [1.165, 1.54) is 5.56 Å². The maximum absolute atomic E-state index is 12.5. The number of nitrogens with zero attached hydrogens (tertiary/aromatic N) is 2. The van der Waals surface area contributed by atoms with Crippen LogP contribution in [0.15, 0.2) is 67.0 Å². The van der Waals surface area contributed by atoms with Crippen LogP contribution < -0.4 is 10.6 Å². The molecule has 2 N–H and O–H groups in total. The molecule has 6 nitrogen and oxygen atoms in total. The molecule has 0 saturated carbocycles. The Labute approximate surface area is 175 Å². The van der Waals surface area contributed by atoms with Crippen molar-refractivity contribution >= 4 is 17.6 Å². The highest BCUT2D eigenvalue weighted by Gasteiger charge is 2.17. The zero-order valence-electron chi connectivity index (χ0n) is 16.5. The predicted molar refractivity (Wildman–Crippen MR) is 114 cm³/mol. The van der Waals surface area contributed by atoms with Gasteiger partial charge >= 0.3 is 6.03 Å². The first-order valence-electron chi connectivity index (χ1n) is 9.43. The molecule has 0 bridgehead atoms. The van der Waals surface area contributed by atoms with E-state index in [0.29, 0.717) is 18.2 Å². The second-order valence-corrected chi connectivity index (χ2v) is 7.30. The molecular formula is C22H25ClN4O2. The summed E-state index contributed by atoms with van der Waals surface area (Å²) in [6.45, 7) is 2.95. The standard InChI is InChI=1S/C22H25ClN4O2/c1-16(19-12-24-27(14-19)13-17-7-4-3-5-8-17)25-22(28)26-21(15-29-2)18-9-6-10-20(23)11-18/h3-12,14,16,21H,13,15H2,1-2H3,(H2,25,26,28). The van der Waals surface area contributed by atoms with Crippen molar-refractivity contribution in [3.63, 3.8) is 0 Å². The molecule has 2 aromatic carbocycles. The maximum Gasteiger partial charge on any atom is 0.315 e.